The molecule has 0 bridgehead atoms. The first-order chi connectivity index (χ1) is 17.1. The van der Waals surface area contributed by atoms with Crippen molar-refractivity contribution in [2.45, 2.75) is 89.6 Å². The Bertz CT molecular complexity index is 998. The first-order valence-corrected chi connectivity index (χ1v) is 14.0. The van der Waals surface area contributed by atoms with Gasteiger partial charge in [-0.25, -0.2) is 13.8 Å². The van der Waals surface area contributed by atoms with Gasteiger partial charge in [0, 0.05) is 37.4 Å². The van der Waals surface area contributed by atoms with Crippen molar-refractivity contribution in [3.63, 3.8) is 0 Å². The Morgan fingerprint density at radius 3 is 2.58 bits per heavy atom. The van der Waals surface area contributed by atoms with Gasteiger partial charge in [-0.05, 0) is 62.0 Å². The maximum Gasteiger partial charge on any atom is 0.278 e. The fraction of sp³-hybridized carbons (Fsp3) is 0.643. The first kappa shape index (κ1) is 27.0. The lowest BCUT2D eigenvalue weighted by atomic mass is 9.80. The highest BCUT2D eigenvalue weighted by atomic mass is 32.1. The number of ether oxygens (including phenoxy) is 1. The number of benzene rings is 1. The van der Waals surface area contributed by atoms with Crippen LogP contribution in [-0.4, -0.2) is 47.5 Å². The number of carbonyl (C=O) groups is 1. The monoisotopic (exact) mass is 519 g/mol. The molecule has 8 heteroatoms. The van der Waals surface area contributed by atoms with E-state index in [1.165, 1.54) is 16.9 Å². The number of fused-ring (bicyclic) bond motifs is 1. The highest BCUT2D eigenvalue weighted by Crippen LogP contribution is 2.32. The fourth-order valence-electron chi connectivity index (χ4n) is 5.30. The molecule has 1 fully saturated rings. The molecule has 0 unspecified atom stereocenters. The maximum absolute atomic E-state index is 13.1. The molecule has 0 radical (unpaired) electrons. The Morgan fingerprint density at radius 1 is 1.17 bits per heavy atom. The number of rotatable bonds is 10. The molecule has 1 aliphatic carbocycles. The summed E-state index contributed by atoms with van der Waals surface area (Å²) in [5.41, 5.74) is 1.99. The van der Waals surface area contributed by atoms with E-state index in [4.69, 9.17) is 4.74 Å². The van der Waals surface area contributed by atoms with Gasteiger partial charge in [-0.15, -0.1) is 0 Å². The van der Waals surface area contributed by atoms with E-state index >= 15 is 0 Å². The van der Waals surface area contributed by atoms with Crippen molar-refractivity contribution >= 4 is 17.2 Å². The first-order valence-electron chi connectivity index (χ1n) is 13.1. The van der Waals surface area contributed by atoms with Crippen molar-refractivity contribution in [3.8, 4) is 5.19 Å². The van der Waals surface area contributed by atoms with E-state index in [1.54, 1.807) is 0 Å². The van der Waals surface area contributed by atoms with Crippen molar-refractivity contribution in [3.05, 3.63) is 46.5 Å². The Morgan fingerprint density at radius 2 is 1.89 bits per heavy atom. The third-order valence-electron chi connectivity index (χ3n) is 7.46. The van der Waals surface area contributed by atoms with E-state index in [-0.39, 0.29) is 17.4 Å². The van der Waals surface area contributed by atoms with Gasteiger partial charge in [0.1, 0.15) is 0 Å². The second kappa shape index (κ2) is 11.5. The number of halogens is 2. The summed E-state index contributed by atoms with van der Waals surface area (Å²) in [5, 5.41) is 3.65. The average Bonchev–Trinajstić information content (AvgIpc) is 3.24. The molecule has 5 nitrogen and oxygen atoms in total. The quantitative estimate of drug-likeness (QED) is 0.420. The van der Waals surface area contributed by atoms with Gasteiger partial charge in [0.25, 0.3) is 11.1 Å². The SMILES string of the molecule is CC(F)(F)COc1nc2c(s1)CCN(CC[C@H]1CC[C@H](NC(=O)CC(C)(C)c3ccccc3)CC1)C2. The molecular formula is C28H39F2N3O2S. The zero-order valence-corrected chi connectivity index (χ0v) is 22.5. The summed E-state index contributed by atoms with van der Waals surface area (Å²) in [7, 11) is 0. The average molecular weight is 520 g/mol. The highest BCUT2D eigenvalue weighted by Gasteiger charge is 2.29. The molecule has 1 saturated carbocycles. The third kappa shape index (κ3) is 7.72. The largest absolute Gasteiger partial charge is 0.464 e. The minimum atomic E-state index is -2.85. The second-order valence-electron chi connectivity index (χ2n) is 11.2. The van der Waals surface area contributed by atoms with Crippen LogP contribution in [-0.2, 0) is 23.2 Å². The zero-order valence-electron chi connectivity index (χ0n) is 21.7. The number of nitrogens with one attached hydrogen (secondary N) is 1. The van der Waals surface area contributed by atoms with Crippen molar-refractivity contribution in [1.82, 2.24) is 15.2 Å². The predicted molar refractivity (Wildman–Crippen MR) is 140 cm³/mol. The van der Waals surface area contributed by atoms with Crippen LogP contribution in [0.15, 0.2) is 30.3 Å². The molecule has 2 aliphatic rings. The van der Waals surface area contributed by atoms with E-state index in [0.717, 1.165) is 75.7 Å². The molecule has 1 amide bonds. The van der Waals surface area contributed by atoms with Crippen LogP contribution < -0.4 is 10.1 Å². The lowest BCUT2D eigenvalue weighted by Crippen LogP contribution is -2.40. The minimum Gasteiger partial charge on any atom is -0.464 e. The minimum absolute atomic E-state index is 0.144. The molecule has 0 saturated heterocycles. The van der Waals surface area contributed by atoms with Crippen LogP contribution in [0.4, 0.5) is 8.78 Å². The van der Waals surface area contributed by atoms with E-state index in [9.17, 15) is 13.6 Å². The van der Waals surface area contributed by atoms with Crippen LogP contribution in [0.3, 0.4) is 0 Å². The third-order valence-corrected chi connectivity index (χ3v) is 8.53. The Hall–Kier alpha value is -2.06. The molecule has 4 rings (SSSR count). The topological polar surface area (TPSA) is 54.5 Å². The number of amides is 1. The fourth-order valence-corrected chi connectivity index (χ4v) is 6.21. The summed E-state index contributed by atoms with van der Waals surface area (Å²) in [5.74, 6) is -2.02. The van der Waals surface area contributed by atoms with Crippen molar-refractivity contribution in [2.24, 2.45) is 5.92 Å². The smallest absolute Gasteiger partial charge is 0.278 e. The molecule has 1 aliphatic heterocycles. The van der Waals surface area contributed by atoms with Crippen molar-refractivity contribution in [2.75, 3.05) is 19.7 Å². The van der Waals surface area contributed by atoms with Crippen molar-refractivity contribution in [1.29, 1.82) is 0 Å². The molecule has 2 heterocycles. The maximum atomic E-state index is 13.1. The van der Waals surface area contributed by atoms with Gasteiger partial charge in [0.05, 0.1) is 5.69 Å². The van der Waals surface area contributed by atoms with Crippen LogP contribution in [0.2, 0.25) is 0 Å². The molecule has 1 aromatic heterocycles. The second-order valence-corrected chi connectivity index (χ2v) is 12.3. The highest BCUT2D eigenvalue weighted by molar-refractivity contribution is 7.13. The van der Waals surface area contributed by atoms with Crippen molar-refractivity contribution < 1.29 is 18.3 Å². The summed E-state index contributed by atoms with van der Waals surface area (Å²) < 4.78 is 31.3. The van der Waals surface area contributed by atoms with Crippen LogP contribution >= 0.6 is 11.3 Å². The summed E-state index contributed by atoms with van der Waals surface area (Å²) in [6, 6.07) is 10.5. The predicted octanol–water partition coefficient (Wildman–Crippen LogP) is 5.97. The molecule has 1 N–H and O–H groups in total. The number of carbonyl (C=O) groups excluding carboxylic acids is 1. The lowest BCUT2D eigenvalue weighted by molar-refractivity contribution is -0.123. The lowest BCUT2D eigenvalue weighted by Gasteiger charge is -2.32. The summed E-state index contributed by atoms with van der Waals surface area (Å²) in [6.45, 7) is 7.25. The van der Waals surface area contributed by atoms with Crippen LogP contribution in [0.5, 0.6) is 5.19 Å². The van der Waals surface area contributed by atoms with Crippen LogP contribution in [0.1, 0.15) is 75.4 Å². The van der Waals surface area contributed by atoms with Gasteiger partial charge in [-0.2, -0.15) is 0 Å². The number of hydrogen-bond acceptors (Lipinski definition) is 5. The van der Waals surface area contributed by atoms with Gasteiger partial charge in [0.2, 0.25) is 5.91 Å². The summed E-state index contributed by atoms with van der Waals surface area (Å²) in [6.07, 6.45) is 6.92. The number of hydrogen-bond donors (Lipinski definition) is 1. The number of alkyl halides is 2. The zero-order chi connectivity index (χ0) is 25.8. The van der Waals surface area contributed by atoms with E-state index < -0.39 is 12.5 Å². The molecule has 0 spiro atoms. The van der Waals surface area contributed by atoms with E-state index in [2.05, 4.69) is 41.2 Å². The standard InChI is InChI=1S/C28H39F2N3O2S/c1-27(2,21-7-5-4-6-8-21)17-25(34)31-22-11-9-20(10-12-22)13-15-33-16-14-24-23(18-33)32-26(36-24)35-19-28(3,29)30/h4-8,20,22H,9-19H2,1-3H3,(H,31,34)/t20-,22-. The van der Waals surface area contributed by atoms with Gasteiger partial charge < -0.3 is 10.1 Å². The molecule has 2 aromatic rings. The number of thiazole rings is 1. The van der Waals surface area contributed by atoms with Gasteiger partial charge in [-0.3, -0.25) is 9.69 Å². The van der Waals surface area contributed by atoms with Gasteiger partial charge >= 0.3 is 0 Å². The van der Waals surface area contributed by atoms with Gasteiger partial charge in [0.15, 0.2) is 6.61 Å². The summed E-state index contributed by atoms with van der Waals surface area (Å²) in [4.78, 5) is 20.8. The Labute approximate surface area is 217 Å². The normalized spacial score (nSPS) is 21.1. The van der Waals surface area contributed by atoms with Crippen LogP contribution in [0, 0.1) is 5.92 Å². The Balaban J connectivity index is 1.16. The Kier molecular flexibility index (Phi) is 8.66. The molecule has 198 valence electrons. The van der Waals surface area contributed by atoms with Gasteiger partial charge in [-0.1, -0.05) is 55.5 Å². The van der Waals surface area contributed by atoms with Crippen LogP contribution in [0.25, 0.3) is 0 Å². The molecule has 1 aromatic carbocycles. The van der Waals surface area contributed by atoms with E-state index in [0.29, 0.717) is 17.5 Å². The number of aromatic nitrogens is 1. The molecule has 0 atom stereocenters. The number of nitrogens with zero attached hydrogens (tertiary/aromatic N) is 2. The molecular weight excluding hydrogens is 480 g/mol. The summed E-state index contributed by atoms with van der Waals surface area (Å²) >= 11 is 1.40. The molecule has 36 heavy (non-hydrogen) atoms. The van der Waals surface area contributed by atoms with E-state index in [1.807, 2.05) is 18.2 Å².